The number of hydrogen-bond acceptors (Lipinski definition) is 6. The zero-order chi connectivity index (χ0) is 21.7. The van der Waals surface area contributed by atoms with Gasteiger partial charge in [0.05, 0.1) is 16.5 Å². The molecule has 1 aromatic carbocycles. The molecule has 0 spiro atoms. The van der Waals surface area contributed by atoms with Gasteiger partial charge in [0.25, 0.3) is 5.91 Å². The predicted octanol–water partition coefficient (Wildman–Crippen LogP) is 2.17. The Bertz CT molecular complexity index is 880. The summed E-state index contributed by atoms with van der Waals surface area (Å²) >= 11 is 0. The summed E-state index contributed by atoms with van der Waals surface area (Å²) in [5.41, 5.74) is -0.873. The molecule has 0 radical (unpaired) electrons. The molecule has 1 aliphatic heterocycles. The number of sulfonamides is 1. The van der Waals surface area contributed by atoms with Crippen LogP contribution < -0.4 is 0 Å². The van der Waals surface area contributed by atoms with Gasteiger partial charge in [-0.15, -0.1) is 0 Å². The van der Waals surface area contributed by atoms with Gasteiger partial charge in [0.15, 0.2) is 6.61 Å². The molecule has 1 aliphatic rings. The molecule has 1 saturated heterocycles. The number of benzene rings is 1. The van der Waals surface area contributed by atoms with E-state index in [1.54, 1.807) is 13.8 Å². The van der Waals surface area contributed by atoms with E-state index in [2.05, 4.69) is 0 Å². The van der Waals surface area contributed by atoms with Crippen LogP contribution in [0.1, 0.15) is 49.9 Å². The first-order chi connectivity index (χ1) is 13.6. The van der Waals surface area contributed by atoms with Gasteiger partial charge in [-0.3, -0.25) is 4.79 Å². The summed E-state index contributed by atoms with van der Waals surface area (Å²) in [5, 5.41) is 9.07. The van der Waals surface area contributed by atoms with E-state index in [0.717, 1.165) is 25.7 Å². The molecule has 0 aromatic heterocycles. The van der Waals surface area contributed by atoms with Crippen molar-refractivity contribution in [1.82, 2.24) is 9.21 Å². The molecule has 9 heteroatoms. The second kappa shape index (κ2) is 9.37. The van der Waals surface area contributed by atoms with Gasteiger partial charge in [-0.2, -0.15) is 9.57 Å². The maximum absolute atomic E-state index is 12.8. The Balaban J connectivity index is 2.01. The monoisotopic (exact) mass is 421 g/mol. The molecule has 0 aliphatic carbocycles. The van der Waals surface area contributed by atoms with Crippen LogP contribution in [0.3, 0.4) is 0 Å². The lowest BCUT2D eigenvalue weighted by Crippen LogP contribution is -2.45. The number of carbonyl (C=O) groups is 2. The van der Waals surface area contributed by atoms with Crippen LogP contribution in [-0.4, -0.2) is 61.8 Å². The van der Waals surface area contributed by atoms with Crippen molar-refractivity contribution in [2.75, 3.05) is 26.7 Å². The minimum Gasteiger partial charge on any atom is -0.452 e. The highest BCUT2D eigenvalue weighted by molar-refractivity contribution is 7.89. The van der Waals surface area contributed by atoms with Crippen LogP contribution in [0.2, 0.25) is 0 Å². The molecule has 1 heterocycles. The highest BCUT2D eigenvalue weighted by Crippen LogP contribution is 2.21. The number of hydrogen-bond donors (Lipinski definition) is 0. The van der Waals surface area contributed by atoms with Crippen LogP contribution in [0.4, 0.5) is 0 Å². The van der Waals surface area contributed by atoms with Crippen LogP contribution in [0.5, 0.6) is 0 Å². The Morgan fingerprint density at radius 1 is 1.14 bits per heavy atom. The minimum absolute atomic E-state index is 0.127. The van der Waals surface area contributed by atoms with E-state index in [9.17, 15) is 18.0 Å². The molecular formula is C20H27N3O5S. The third-order valence-corrected chi connectivity index (χ3v) is 7.02. The minimum atomic E-state index is -3.59. The molecule has 0 N–H and O–H groups in total. The van der Waals surface area contributed by atoms with Gasteiger partial charge in [0.2, 0.25) is 10.0 Å². The van der Waals surface area contributed by atoms with Gasteiger partial charge in [0.1, 0.15) is 5.54 Å². The molecule has 1 aromatic rings. The largest absolute Gasteiger partial charge is 0.452 e. The van der Waals surface area contributed by atoms with Gasteiger partial charge < -0.3 is 9.64 Å². The summed E-state index contributed by atoms with van der Waals surface area (Å²) in [7, 11) is -2.13. The van der Waals surface area contributed by atoms with E-state index in [1.165, 1.54) is 40.5 Å². The van der Waals surface area contributed by atoms with Crippen LogP contribution in [-0.2, 0) is 19.6 Å². The zero-order valence-electron chi connectivity index (χ0n) is 17.1. The van der Waals surface area contributed by atoms with Crippen LogP contribution in [0.15, 0.2) is 29.2 Å². The molecule has 8 nitrogen and oxygen atoms in total. The molecular weight excluding hydrogens is 394 g/mol. The van der Waals surface area contributed by atoms with Gasteiger partial charge >= 0.3 is 5.97 Å². The van der Waals surface area contributed by atoms with Crippen molar-refractivity contribution in [3.05, 3.63) is 29.8 Å². The van der Waals surface area contributed by atoms with Gasteiger partial charge in [-0.05, 0) is 51.0 Å². The lowest BCUT2D eigenvalue weighted by molar-refractivity contribution is -0.136. The first-order valence-corrected chi connectivity index (χ1v) is 11.0. The first-order valence-electron chi connectivity index (χ1n) is 9.55. The number of nitriles is 1. The summed E-state index contributed by atoms with van der Waals surface area (Å²) in [6.07, 6.45) is 3.73. The lowest BCUT2D eigenvalue weighted by Gasteiger charge is -2.28. The number of carbonyl (C=O) groups excluding carboxylic acids is 2. The number of nitrogens with zero attached hydrogens (tertiary/aromatic N) is 3. The number of amides is 1. The Labute approximate surface area is 172 Å². The summed E-state index contributed by atoms with van der Waals surface area (Å²) in [6.45, 7) is 3.66. The summed E-state index contributed by atoms with van der Waals surface area (Å²) in [4.78, 5) is 25.6. The van der Waals surface area contributed by atoms with E-state index >= 15 is 0 Å². The molecule has 29 heavy (non-hydrogen) atoms. The maximum Gasteiger partial charge on any atom is 0.338 e. The van der Waals surface area contributed by atoms with Crippen molar-refractivity contribution in [2.24, 2.45) is 0 Å². The molecule has 0 bridgehead atoms. The normalized spacial score (nSPS) is 15.8. The summed E-state index contributed by atoms with van der Waals surface area (Å²) < 4.78 is 32.0. The van der Waals surface area contributed by atoms with Crippen molar-refractivity contribution < 1.29 is 22.7 Å². The fraction of sp³-hybridized carbons (Fsp3) is 0.550. The van der Waals surface area contributed by atoms with E-state index < -0.39 is 34.0 Å². The Morgan fingerprint density at radius 3 is 2.21 bits per heavy atom. The highest BCUT2D eigenvalue weighted by Gasteiger charge is 2.28. The average molecular weight is 422 g/mol. The number of esters is 1. The molecule has 158 valence electrons. The quantitative estimate of drug-likeness (QED) is 0.652. The van der Waals surface area contributed by atoms with Crippen molar-refractivity contribution in [2.45, 2.75) is 50.0 Å². The van der Waals surface area contributed by atoms with Crippen molar-refractivity contribution >= 4 is 21.9 Å². The fourth-order valence-electron chi connectivity index (χ4n) is 2.89. The Hall–Kier alpha value is -2.44. The van der Waals surface area contributed by atoms with Crippen LogP contribution in [0, 0.1) is 11.3 Å². The smallest absolute Gasteiger partial charge is 0.338 e. The first kappa shape index (κ1) is 22.8. The van der Waals surface area contributed by atoms with Gasteiger partial charge in [0, 0.05) is 20.1 Å². The highest BCUT2D eigenvalue weighted by atomic mass is 32.2. The second-order valence-electron chi connectivity index (χ2n) is 7.54. The van der Waals surface area contributed by atoms with Crippen LogP contribution in [0.25, 0.3) is 0 Å². The summed E-state index contributed by atoms with van der Waals surface area (Å²) in [6, 6.07) is 7.50. The van der Waals surface area contributed by atoms with E-state index in [0.29, 0.717) is 13.1 Å². The second-order valence-corrected chi connectivity index (χ2v) is 9.48. The zero-order valence-corrected chi connectivity index (χ0v) is 17.9. The molecule has 1 fully saturated rings. The number of rotatable bonds is 6. The maximum atomic E-state index is 12.8. The van der Waals surface area contributed by atoms with E-state index in [-0.39, 0.29) is 10.5 Å². The SMILES string of the molecule is CN(C(=O)COC(=O)c1ccc(S(=O)(=O)N2CCCCCC2)cc1)C(C)(C)C#N. The van der Waals surface area contributed by atoms with Crippen molar-refractivity contribution in [3.63, 3.8) is 0 Å². The molecule has 2 rings (SSSR count). The number of likely N-dealkylation sites (N-methyl/N-ethyl adjacent to an activating group) is 1. The third kappa shape index (κ3) is 5.55. The van der Waals surface area contributed by atoms with Crippen molar-refractivity contribution in [1.29, 1.82) is 5.26 Å². The average Bonchev–Trinajstić information content (AvgIpc) is 3.01. The third-order valence-electron chi connectivity index (χ3n) is 5.11. The van der Waals surface area contributed by atoms with Gasteiger partial charge in [-0.25, -0.2) is 13.2 Å². The van der Waals surface area contributed by atoms with Crippen molar-refractivity contribution in [3.8, 4) is 6.07 Å². The fourth-order valence-corrected chi connectivity index (χ4v) is 4.41. The molecule has 0 atom stereocenters. The predicted molar refractivity (Wildman–Crippen MR) is 106 cm³/mol. The topological polar surface area (TPSA) is 108 Å². The molecule has 0 saturated carbocycles. The van der Waals surface area contributed by atoms with Crippen LogP contribution >= 0.6 is 0 Å². The molecule has 0 unspecified atom stereocenters. The lowest BCUT2D eigenvalue weighted by atomic mass is 10.1. The Kier molecular flexibility index (Phi) is 7.38. The molecule has 1 amide bonds. The number of ether oxygens (including phenoxy) is 1. The van der Waals surface area contributed by atoms with Gasteiger partial charge in [-0.1, -0.05) is 12.8 Å². The summed E-state index contributed by atoms with van der Waals surface area (Å²) in [5.74, 6) is -1.24. The van der Waals surface area contributed by atoms with E-state index in [1.807, 2.05) is 6.07 Å². The standard InChI is InChI=1S/C20H27N3O5S/c1-20(2,15-21)22(3)18(24)14-28-19(25)16-8-10-17(11-9-16)29(26,27)23-12-6-4-5-7-13-23/h8-11H,4-7,12-14H2,1-3H3. The Morgan fingerprint density at radius 2 is 1.69 bits per heavy atom. The van der Waals surface area contributed by atoms with E-state index in [4.69, 9.17) is 10.00 Å².